The van der Waals surface area contributed by atoms with Crippen molar-refractivity contribution < 1.29 is 14.0 Å². The topological polar surface area (TPSA) is 85.1 Å². The van der Waals surface area contributed by atoms with Gasteiger partial charge in [0.1, 0.15) is 5.69 Å². The number of oxazole rings is 1. The number of pyridine rings is 1. The third-order valence-electron chi connectivity index (χ3n) is 6.97. The monoisotopic (exact) mass is 500 g/mol. The SMILES string of the molecule is CC(C)Cc1nc(-c2ccccn2)oc1C(=O)[C@@H](CCc1ccccc1)NC(=O)[CH]CC1CCCCC1. The number of aryl methyl sites for hydroxylation is 1. The second-order valence-corrected chi connectivity index (χ2v) is 10.5. The van der Waals surface area contributed by atoms with Crippen LogP contribution >= 0.6 is 0 Å². The molecule has 1 fully saturated rings. The molecule has 1 saturated carbocycles. The fourth-order valence-corrected chi connectivity index (χ4v) is 4.98. The van der Waals surface area contributed by atoms with Crippen molar-refractivity contribution in [3.8, 4) is 11.6 Å². The number of nitrogens with one attached hydrogen (secondary N) is 1. The molecule has 1 atom stereocenters. The normalized spacial score (nSPS) is 15.0. The van der Waals surface area contributed by atoms with Crippen LogP contribution in [0.5, 0.6) is 0 Å². The van der Waals surface area contributed by atoms with E-state index in [1.807, 2.05) is 48.5 Å². The first-order valence-electron chi connectivity index (χ1n) is 13.6. The van der Waals surface area contributed by atoms with Gasteiger partial charge in [0.15, 0.2) is 5.76 Å². The van der Waals surface area contributed by atoms with Crippen LogP contribution in [0, 0.1) is 18.3 Å². The van der Waals surface area contributed by atoms with Crippen molar-refractivity contribution in [2.75, 3.05) is 0 Å². The van der Waals surface area contributed by atoms with Gasteiger partial charge in [-0.15, -0.1) is 0 Å². The Labute approximate surface area is 220 Å². The van der Waals surface area contributed by atoms with E-state index in [4.69, 9.17) is 4.42 Å². The molecule has 0 unspecified atom stereocenters. The summed E-state index contributed by atoms with van der Waals surface area (Å²) in [6.45, 7) is 4.16. The maximum Gasteiger partial charge on any atom is 0.246 e. The second kappa shape index (κ2) is 13.3. The third kappa shape index (κ3) is 7.85. The van der Waals surface area contributed by atoms with Crippen LogP contribution in [0.3, 0.4) is 0 Å². The van der Waals surface area contributed by atoms with E-state index < -0.39 is 6.04 Å². The second-order valence-electron chi connectivity index (χ2n) is 10.5. The molecular weight excluding hydrogens is 462 g/mol. The zero-order valence-corrected chi connectivity index (χ0v) is 22.0. The summed E-state index contributed by atoms with van der Waals surface area (Å²) < 4.78 is 6.05. The van der Waals surface area contributed by atoms with Crippen molar-refractivity contribution in [2.45, 2.75) is 77.7 Å². The van der Waals surface area contributed by atoms with Crippen LogP contribution in [-0.4, -0.2) is 27.7 Å². The Bertz CT molecular complexity index is 1140. The summed E-state index contributed by atoms with van der Waals surface area (Å²) in [6.07, 6.45) is 12.0. The number of amides is 1. The Kier molecular flexibility index (Phi) is 9.64. The van der Waals surface area contributed by atoms with Crippen molar-refractivity contribution in [1.29, 1.82) is 0 Å². The molecule has 0 spiro atoms. The standard InChI is InChI=1S/C31H38N3O3/c1-22(2)21-27-30(37-31(34-27)26-15-9-10-20-32-26)29(36)25(18-16-23-11-5-3-6-12-23)33-28(35)19-17-24-13-7-4-8-14-24/h3,5-6,9-12,15,19-20,22,24-25H,4,7-8,13-14,16-18,21H2,1-2H3,(H,33,35)/t25-/m1/s1. The molecule has 0 aliphatic heterocycles. The lowest BCUT2D eigenvalue weighted by Gasteiger charge is -2.22. The number of carbonyl (C=O) groups is 2. The lowest BCUT2D eigenvalue weighted by molar-refractivity contribution is -0.118. The average molecular weight is 501 g/mol. The van der Waals surface area contributed by atoms with Gasteiger partial charge in [0.05, 0.1) is 11.7 Å². The van der Waals surface area contributed by atoms with Crippen LogP contribution in [0.2, 0.25) is 0 Å². The predicted molar refractivity (Wildman–Crippen MR) is 145 cm³/mol. The molecule has 6 nitrogen and oxygen atoms in total. The molecule has 37 heavy (non-hydrogen) atoms. The van der Waals surface area contributed by atoms with Gasteiger partial charge in [0, 0.05) is 12.6 Å². The van der Waals surface area contributed by atoms with E-state index in [1.54, 1.807) is 12.6 Å². The number of hydrogen-bond acceptors (Lipinski definition) is 5. The molecule has 3 aromatic rings. The summed E-state index contributed by atoms with van der Waals surface area (Å²) >= 11 is 0. The molecule has 1 N–H and O–H groups in total. The van der Waals surface area contributed by atoms with E-state index in [0.717, 1.165) is 12.0 Å². The minimum absolute atomic E-state index is 0.188. The smallest absolute Gasteiger partial charge is 0.246 e. The van der Waals surface area contributed by atoms with E-state index in [0.29, 0.717) is 42.5 Å². The Morgan fingerprint density at radius 1 is 1.05 bits per heavy atom. The zero-order chi connectivity index (χ0) is 26.0. The van der Waals surface area contributed by atoms with E-state index in [2.05, 4.69) is 29.1 Å². The van der Waals surface area contributed by atoms with Crippen molar-refractivity contribution in [3.05, 3.63) is 78.2 Å². The van der Waals surface area contributed by atoms with Gasteiger partial charge in [-0.25, -0.2) is 4.98 Å². The first-order valence-corrected chi connectivity index (χ1v) is 13.6. The molecule has 1 radical (unpaired) electrons. The molecule has 0 saturated heterocycles. The predicted octanol–water partition coefficient (Wildman–Crippen LogP) is 6.41. The first kappa shape index (κ1) is 26.8. The van der Waals surface area contributed by atoms with E-state index in [9.17, 15) is 9.59 Å². The third-order valence-corrected chi connectivity index (χ3v) is 6.97. The van der Waals surface area contributed by atoms with E-state index >= 15 is 0 Å². The van der Waals surface area contributed by atoms with Crippen LogP contribution < -0.4 is 5.32 Å². The molecule has 195 valence electrons. The highest BCUT2D eigenvalue weighted by Gasteiger charge is 2.30. The molecular formula is C31H38N3O3. The summed E-state index contributed by atoms with van der Waals surface area (Å²) in [5.41, 5.74) is 2.32. The quantitative estimate of drug-likeness (QED) is 0.291. The Morgan fingerprint density at radius 2 is 1.81 bits per heavy atom. The maximum atomic E-state index is 13.9. The number of hydrogen-bond donors (Lipinski definition) is 1. The summed E-state index contributed by atoms with van der Waals surface area (Å²) in [7, 11) is 0. The van der Waals surface area contributed by atoms with Gasteiger partial charge in [-0.2, -0.15) is 0 Å². The van der Waals surface area contributed by atoms with Crippen LogP contribution in [0.1, 0.15) is 80.6 Å². The van der Waals surface area contributed by atoms with E-state index in [-0.39, 0.29) is 23.4 Å². The molecule has 0 bridgehead atoms. The fourth-order valence-electron chi connectivity index (χ4n) is 4.98. The highest BCUT2D eigenvalue weighted by Crippen LogP contribution is 2.27. The number of rotatable bonds is 12. The lowest BCUT2D eigenvalue weighted by atomic mass is 9.86. The number of carbonyl (C=O) groups excluding carboxylic acids is 2. The molecule has 1 amide bonds. The maximum absolute atomic E-state index is 13.9. The minimum atomic E-state index is -0.703. The van der Waals surface area contributed by atoms with Gasteiger partial charge in [-0.05, 0) is 55.2 Å². The number of Topliss-reactive ketones (excluding diaryl/α,β-unsaturated/α-hetero) is 1. The molecule has 1 aliphatic rings. The van der Waals surface area contributed by atoms with Crippen molar-refractivity contribution in [1.82, 2.24) is 15.3 Å². The largest absolute Gasteiger partial charge is 0.431 e. The Hall–Kier alpha value is -3.28. The number of nitrogens with zero attached hydrogens (tertiary/aromatic N) is 2. The van der Waals surface area contributed by atoms with Crippen molar-refractivity contribution >= 4 is 11.7 Å². The number of benzene rings is 1. The minimum Gasteiger partial charge on any atom is -0.431 e. The molecule has 1 aliphatic carbocycles. The van der Waals surface area contributed by atoms with E-state index in [1.165, 1.54) is 32.1 Å². The van der Waals surface area contributed by atoms with Gasteiger partial charge in [-0.1, -0.05) is 82.3 Å². The van der Waals surface area contributed by atoms with Crippen LogP contribution in [0.25, 0.3) is 11.6 Å². The first-order chi connectivity index (χ1) is 18.0. The molecule has 4 rings (SSSR count). The fraction of sp³-hybridized carbons (Fsp3) is 0.452. The average Bonchev–Trinajstić information content (AvgIpc) is 3.34. The molecule has 2 aromatic heterocycles. The summed E-state index contributed by atoms with van der Waals surface area (Å²) in [4.78, 5) is 35.8. The highest BCUT2D eigenvalue weighted by atomic mass is 16.4. The Morgan fingerprint density at radius 3 is 2.51 bits per heavy atom. The summed E-state index contributed by atoms with van der Waals surface area (Å²) in [6, 6.07) is 14.8. The highest BCUT2D eigenvalue weighted by molar-refractivity contribution is 6.01. The Balaban J connectivity index is 1.53. The van der Waals surface area contributed by atoms with Crippen LogP contribution in [0.4, 0.5) is 0 Å². The van der Waals surface area contributed by atoms with Gasteiger partial charge < -0.3 is 9.73 Å². The van der Waals surface area contributed by atoms with Crippen LogP contribution in [0.15, 0.2) is 59.1 Å². The van der Waals surface area contributed by atoms with Crippen molar-refractivity contribution in [3.63, 3.8) is 0 Å². The van der Waals surface area contributed by atoms with Gasteiger partial charge >= 0.3 is 0 Å². The molecule has 2 heterocycles. The lowest BCUT2D eigenvalue weighted by Crippen LogP contribution is -2.41. The van der Waals surface area contributed by atoms with Crippen LogP contribution in [-0.2, 0) is 17.6 Å². The van der Waals surface area contributed by atoms with Gasteiger partial charge in [-0.3, -0.25) is 14.6 Å². The summed E-state index contributed by atoms with van der Waals surface area (Å²) in [5, 5.41) is 3.01. The molecule has 6 heteroatoms. The molecule has 1 aromatic carbocycles. The summed E-state index contributed by atoms with van der Waals surface area (Å²) in [5.74, 6) is 0.976. The number of ketones is 1. The van der Waals surface area contributed by atoms with Crippen molar-refractivity contribution in [2.24, 2.45) is 11.8 Å². The van der Waals surface area contributed by atoms with Gasteiger partial charge in [0.2, 0.25) is 17.6 Å². The zero-order valence-electron chi connectivity index (χ0n) is 22.0. The van der Waals surface area contributed by atoms with Gasteiger partial charge in [0.25, 0.3) is 0 Å². The number of aromatic nitrogens is 2.